The lowest BCUT2D eigenvalue weighted by molar-refractivity contribution is 0.0915. The summed E-state index contributed by atoms with van der Waals surface area (Å²) < 4.78 is 24.6. The zero-order valence-corrected chi connectivity index (χ0v) is 12.7. The van der Waals surface area contributed by atoms with Gasteiger partial charge >= 0.3 is 0 Å². The number of amides is 1. The van der Waals surface area contributed by atoms with Crippen LogP contribution in [0.25, 0.3) is 5.69 Å². The molecule has 2 aromatic rings. The number of tetrazole rings is 1. The van der Waals surface area contributed by atoms with E-state index >= 15 is 0 Å². The second-order valence-electron chi connectivity index (χ2n) is 5.66. The van der Waals surface area contributed by atoms with Crippen LogP contribution in [-0.4, -0.2) is 51.6 Å². The Bertz CT molecular complexity index is 803. The van der Waals surface area contributed by atoms with E-state index in [9.17, 15) is 13.2 Å². The Morgan fingerprint density at radius 1 is 1.41 bits per heavy atom. The fraction of sp³-hybridized carbons (Fsp3) is 0.385. The Labute approximate surface area is 127 Å². The normalized spacial score (nSPS) is 23.3. The first kappa shape index (κ1) is 14.6. The monoisotopic (exact) mass is 321 g/mol. The Morgan fingerprint density at radius 2 is 2.23 bits per heavy atom. The zero-order valence-electron chi connectivity index (χ0n) is 11.9. The van der Waals surface area contributed by atoms with Gasteiger partial charge in [0, 0.05) is 5.56 Å². The van der Waals surface area contributed by atoms with Gasteiger partial charge in [0.2, 0.25) is 0 Å². The van der Waals surface area contributed by atoms with E-state index in [0.717, 1.165) is 0 Å². The Morgan fingerprint density at radius 3 is 2.86 bits per heavy atom. The molecule has 8 nitrogen and oxygen atoms in total. The zero-order chi connectivity index (χ0) is 15.8. The van der Waals surface area contributed by atoms with Crippen LogP contribution in [-0.2, 0) is 9.84 Å². The molecular formula is C13H15N5O3S. The number of sulfone groups is 1. The molecule has 1 N–H and O–H groups in total. The van der Waals surface area contributed by atoms with E-state index in [1.807, 2.05) is 0 Å². The topological polar surface area (TPSA) is 107 Å². The number of hydrogen-bond acceptors (Lipinski definition) is 6. The third-order valence-corrected chi connectivity index (χ3v) is 5.54. The van der Waals surface area contributed by atoms with Gasteiger partial charge in [-0.15, -0.1) is 5.10 Å². The number of aromatic nitrogens is 4. The molecule has 0 saturated carbocycles. The maximum Gasteiger partial charge on any atom is 0.251 e. The molecule has 0 spiro atoms. The first-order chi connectivity index (χ1) is 10.4. The largest absolute Gasteiger partial charge is 0.346 e. The van der Waals surface area contributed by atoms with Crippen LogP contribution in [0.4, 0.5) is 0 Å². The number of nitrogens with one attached hydrogen (secondary N) is 1. The van der Waals surface area contributed by atoms with Crippen molar-refractivity contribution in [2.24, 2.45) is 0 Å². The molecule has 1 aliphatic heterocycles. The molecule has 0 aliphatic carbocycles. The van der Waals surface area contributed by atoms with E-state index in [0.29, 0.717) is 17.7 Å². The molecule has 0 bridgehead atoms. The van der Waals surface area contributed by atoms with Crippen LogP contribution in [0.5, 0.6) is 0 Å². The van der Waals surface area contributed by atoms with Crippen LogP contribution >= 0.6 is 0 Å². The average molecular weight is 321 g/mol. The highest BCUT2D eigenvalue weighted by Gasteiger charge is 2.39. The number of benzene rings is 1. The maximum absolute atomic E-state index is 12.4. The number of carbonyl (C=O) groups excluding carboxylic acids is 1. The molecule has 1 aromatic heterocycles. The van der Waals surface area contributed by atoms with Gasteiger partial charge in [-0.25, -0.2) is 13.1 Å². The van der Waals surface area contributed by atoms with E-state index in [1.165, 1.54) is 11.0 Å². The van der Waals surface area contributed by atoms with Crippen molar-refractivity contribution < 1.29 is 13.2 Å². The van der Waals surface area contributed by atoms with E-state index in [1.54, 1.807) is 31.2 Å². The summed E-state index contributed by atoms with van der Waals surface area (Å²) in [5, 5.41) is 13.7. The third-order valence-electron chi connectivity index (χ3n) is 3.64. The Balaban J connectivity index is 1.80. The molecule has 9 heteroatoms. The second-order valence-corrected chi connectivity index (χ2v) is 7.85. The van der Waals surface area contributed by atoms with Crippen molar-refractivity contribution in [3.63, 3.8) is 0 Å². The highest BCUT2D eigenvalue weighted by atomic mass is 32.2. The van der Waals surface area contributed by atoms with E-state index in [4.69, 9.17) is 0 Å². The summed E-state index contributed by atoms with van der Waals surface area (Å²) in [6.45, 7) is 1.75. The number of hydrogen-bond donors (Lipinski definition) is 1. The smallest absolute Gasteiger partial charge is 0.251 e. The van der Waals surface area contributed by atoms with Crippen molar-refractivity contribution in [1.29, 1.82) is 0 Å². The first-order valence-electron chi connectivity index (χ1n) is 6.73. The van der Waals surface area contributed by atoms with Crippen molar-refractivity contribution in [2.45, 2.75) is 18.9 Å². The van der Waals surface area contributed by atoms with Gasteiger partial charge in [0.05, 0.1) is 22.7 Å². The molecule has 0 radical (unpaired) electrons. The average Bonchev–Trinajstić information content (AvgIpc) is 3.07. The van der Waals surface area contributed by atoms with E-state index in [-0.39, 0.29) is 17.4 Å². The molecular weight excluding hydrogens is 306 g/mol. The van der Waals surface area contributed by atoms with Crippen LogP contribution in [0.15, 0.2) is 30.6 Å². The molecule has 0 unspecified atom stereocenters. The van der Waals surface area contributed by atoms with Gasteiger partial charge in [0.25, 0.3) is 5.91 Å². The van der Waals surface area contributed by atoms with Gasteiger partial charge < -0.3 is 5.32 Å². The number of rotatable bonds is 3. The lowest BCUT2D eigenvalue weighted by Crippen LogP contribution is -2.46. The highest BCUT2D eigenvalue weighted by molar-refractivity contribution is 7.91. The predicted octanol–water partition coefficient (Wildman–Crippen LogP) is -0.0307. The molecule has 3 rings (SSSR count). The summed E-state index contributed by atoms with van der Waals surface area (Å²) in [7, 11) is -3.07. The summed E-state index contributed by atoms with van der Waals surface area (Å²) in [6, 6.07) is 6.81. The molecule has 22 heavy (non-hydrogen) atoms. The van der Waals surface area contributed by atoms with Crippen LogP contribution in [0.3, 0.4) is 0 Å². The molecule has 1 fully saturated rings. The SMILES string of the molecule is C[C@]1(NC(=O)c2cccc(-n3cnnn3)c2)CCS(=O)(=O)C1. The fourth-order valence-corrected chi connectivity index (χ4v) is 4.62. The number of nitrogens with zero attached hydrogens (tertiary/aromatic N) is 4. The van der Waals surface area contributed by atoms with Gasteiger partial charge in [-0.1, -0.05) is 6.07 Å². The third kappa shape index (κ3) is 2.98. The fourth-order valence-electron chi connectivity index (χ4n) is 2.52. The van der Waals surface area contributed by atoms with Gasteiger partial charge in [-0.2, -0.15) is 0 Å². The van der Waals surface area contributed by atoms with Gasteiger partial charge in [-0.3, -0.25) is 4.79 Å². The van der Waals surface area contributed by atoms with E-state index in [2.05, 4.69) is 20.8 Å². The second kappa shape index (κ2) is 5.16. The van der Waals surface area contributed by atoms with Crippen molar-refractivity contribution in [2.75, 3.05) is 11.5 Å². The highest BCUT2D eigenvalue weighted by Crippen LogP contribution is 2.23. The van der Waals surface area contributed by atoms with Crippen LogP contribution < -0.4 is 5.32 Å². The van der Waals surface area contributed by atoms with Crippen molar-refractivity contribution in [3.05, 3.63) is 36.2 Å². The minimum atomic E-state index is -3.07. The molecule has 1 aromatic carbocycles. The summed E-state index contributed by atoms with van der Waals surface area (Å²) in [6.07, 6.45) is 1.86. The van der Waals surface area contributed by atoms with Gasteiger partial charge in [0.15, 0.2) is 9.84 Å². The molecule has 1 aliphatic rings. The van der Waals surface area contributed by atoms with Crippen LogP contribution in [0.1, 0.15) is 23.7 Å². The maximum atomic E-state index is 12.4. The summed E-state index contributed by atoms with van der Waals surface area (Å²) in [5.74, 6) is -0.234. The first-order valence-corrected chi connectivity index (χ1v) is 8.55. The minimum absolute atomic E-state index is 0.0293. The van der Waals surface area contributed by atoms with Crippen molar-refractivity contribution >= 4 is 15.7 Å². The quantitative estimate of drug-likeness (QED) is 0.850. The molecule has 1 atom stereocenters. The number of carbonyl (C=O) groups is 1. The van der Waals surface area contributed by atoms with Crippen LogP contribution in [0.2, 0.25) is 0 Å². The summed E-state index contributed by atoms with van der Waals surface area (Å²) in [4.78, 5) is 12.4. The minimum Gasteiger partial charge on any atom is -0.346 e. The standard InChI is InChI=1S/C13H15N5O3S/c1-13(5-6-22(20,21)8-13)15-12(19)10-3-2-4-11(7-10)18-9-14-16-17-18/h2-4,7,9H,5-6,8H2,1H3,(H,15,19)/t13-/m0/s1. The van der Waals surface area contributed by atoms with Crippen molar-refractivity contribution in [1.82, 2.24) is 25.5 Å². The summed E-state index contributed by atoms with van der Waals surface area (Å²) >= 11 is 0. The lowest BCUT2D eigenvalue weighted by atomic mass is 10.0. The lowest BCUT2D eigenvalue weighted by Gasteiger charge is -2.24. The Kier molecular flexibility index (Phi) is 3.44. The molecule has 1 amide bonds. The van der Waals surface area contributed by atoms with E-state index < -0.39 is 15.4 Å². The molecule has 1 saturated heterocycles. The predicted molar refractivity (Wildman–Crippen MR) is 78.3 cm³/mol. The van der Waals surface area contributed by atoms with Crippen LogP contribution in [0, 0.1) is 0 Å². The van der Waals surface area contributed by atoms with Gasteiger partial charge in [0.1, 0.15) is 6.33 Å². The Hall–Kier alpha value is -2.29. The van der Waals surface area contributed by atoms with Gasteiger partial charge in [-0.05, 0) is 42.0 Å². The summed E-state index contributed by atoms with van der Waals surface area (Å²) in [5.41, 5.74) is 0.362. The van der Waals surface area contributed by atoms with Crippen molar-refractivity contribution in [3.8, 4) is 5.69 Å². The molecule has 116 valence electrons. The molecule has 2 heterocycles.